The first-order valence-electron chi connectivity index (χ1n) is 10.3. The number of ether oxygens (including phenoxy) is 1. The smallest absolute Gasteiger partial charge is 0.264 e. The van der Waals surface area contributed by atoms with Crippen molar-refractivity contribution in [2.75, 3.05) is 22.8 Å². The molecule has 0 saturated heterocycles. The number of sulfonamides is 1. The standard InChI is InChI=1S/C24H23N3O4S2/c1-17-5-4-7-20(15-17)31-16-23(28)26-24(32)25-19-9-11-21(12-10-19)33(29,30)27-14-13-18-6-2-3-8-22(18)27/h2-12,15H,13-14,16H2,1H3,(H2,25,26,28,32). The minimum Gasteiger partial charge on any atom is -0.484 e. The largest absolute Gasteiger partial charge is 0.484 e. The van der Waals surface area contributed by atoms with Gasteiger partial charge >= 0.3 is 0 Å². The van der Waals surface area contributed by atoms with Crippen LogP contribution < -0.4 is 19.7 Å². The fourth-order valence-corrected chi connectivity index (χ4v) is 5.31. The quantitative estimate of drug-likeness (QED) is 0.523. The van der Waals surface area contributed by atoms with Gasteiger partial charge in [0.05, 0.1) is 10.6 Å². The van der Waals surface area contributed by atoms with E-state index in [4.69, 9.17) is 17.0 Å². The van der Waals surface area contributed by atoms with E-state index in [0.29, 0.717) is 24.4 Å². The third-order valence-corrected chi connectivity index (χ3v) is 7.19. The van der Waals surface area contributed by atoms with Gasteiger partial charge in [-0.3, -0.25) is 14.4 Å². The van der Waals surface area contributed by atoms with Crippen LogP contribution in [-0.2, 0) is 21.2 Å². The Morgan fingerprint density at radius 3 is 2.58 bits per heavy atom. The first-order valence-corrected chi connectivity index (χ1v) is 12.2. The van der Waals surface area contributed by atoms with Crippen molar-refractivity contribution in [2.45, 2.75) is 18.2 Å². The van der Waals surface area contributed by atoms with Gasteiger partial charge in [-0.2, -0.15) is 0 Å². The van der Waals surface area contributed by atoms with E-state index < -0.39 is 15.9 Å². The lowest BCUT2D eigenvalue weighted by Crippen LogP contribution is -2.37. The molecule has 1 heterocycles. The van der Waals surface area contributed by atoms with E-state index >= 15 is 0 Å². The molecule has 0 fully saturated rings. The normalized spacial score (nSPS) is 12.7. The highest BCUT2D eigenvalue weighted by molar-refractivity contribution is 7.92. The Bertz CT molecular complexity index is 1290. The van der Waals surface area contributed by atoms with Gasteiger partial charge in [0.15, 0.2) is 11.7 Å². The predicted molar refractivity (Wildman–Crippen MR) is 132 cm³/mol. The molecule has 0 aromatic heterocycles. The number of carbonyl (C=O) groups excluding carboxylic acids is 1. The summed E-state index contributed by atoms with van der Waals surface area (Å²) >= 11 is 5.18. The van der Waals surface area contributed by atoms with Gasteiger partial charge in [-0.05, 0) is 79.2 Å². The molecule has 4 rings (SSSR count). The second-order valence-corrected chi connectivity index (χ2v) is 9.86. The van der Waals surface area contributed by atoms with E-state index in [1.807, 2.05) is 49.4 Å². The van der Waals surface area contributed by atoms with E-state index in [1.54, 1.807) is 18.2 Å². The number of benzene rings is 3. The number of anilines is 2. The molecule has 2 N–H and O–H groups in total. The molecule has 9 heteroatoms. The molecule has 0 aliphatic carbocycles. The number of aryl methyl sites for hydroxylation is 1. The summed E-state index contributed by atoms with van der Waals surface area (Å²) in [6, 6.07) is 21.1. The van der Waals surface area contributed by atoms with Crippen molar-refractivity contribution in [3.8, 4) is 5.75 Å². The lowest BCUT2D eigenvalue weighted by molar-refractivity contribution is -0.121. The highest BCUT2D eigenvalue weighted by Gasteiger charge is 2.30. The maximum absolute atomic E-state index is 13.1. The number of hydrogen-bond acceptors (Lipinski definition) is 5. The first-order chi connectivity index (χ1) is 15.8. The predicted octanol–water partition coefficient (Wildman–Crippen LogP) is 3.64. The Hall–Kier alpha value is -3.43. The number of para-hydroxylation sites is 1. The third kappa shape index (κ3) is 5.32. The highest BCUT2D eigenvalue weighted by atomic mass is 32.2. The second kappa shape index (κ2) is 9.60. The van der Waals surface area contributed by atoms with Gasteiger partial charge < -0.3 is 10.1 Å². The molecule has 3 aromatic rings. The number of amides is 1. The summed E-state index contributed by atoms with van der Waals surface area (Å²) in [4.78, 5) is 12.3. The zero-order valence-electron chi connectivity index (χ0n) is 17.9. The van der Waals surface area contributed by atoms with Crippen LogP contribution in [0.2, 0.25) is 0 Å². The number of thiocarbonyl (C=S) groups is 1. The topological polar surface area (TPSA) is 87.7 Å². The molecule has 0 radical (unpaired) electrons. The van der Waals surface area contributed by atoms with Crippen molar-refractivity contribution < 1.29 is 17.9 Å². The minimum absolute atomic E-state index is 0.0944. The fourth-order valence-electron chi connectivity index (χ4n) is 3.57. The first kappa shape index (κ1) is 22.8. The SMILES string of the molecule is Cc1cccc(OCC(=O)NC(=S)Nc2ccc(S(=O)(=O)N3CCc4ccccc43)cc2)c1. The minimum atomic E-state index is -3.67. The molecular formula is C24H23N3O4S2. The molecule has 1 aliphatic heterocycles. The number of nitrogens with one attached hydrogen (secondary N) is 2. The Morgan fingerprint density at radius 2 is 1.82 bits per heavy atom. The average Bonchev–Trinajstić information content (AvgIpc) is 3.23. The molecule has 7 nitrogen and oxygen atoms in total. The van der Waals surface area contributed by atoms with Gasteiger partial charge in [0, 0.05) is 12.2 Å². The molecule has 0 bridgehead atoms. The summed E-state index contributed by atoms with van der Waals surface area (Å²) in [5.74, 6) is 0.197. The number of fused-ring (bicyclic) bond motifs is 1. The lowest BCUT2D eigenvalue weighted by Gasteiger charge is -2.19. The van der Waals surface area contributed by atoms with Crippen LogP contribution in [0.5, 0.6) is 5.75 Å². The van der Waals surface area contributed by atoms with Crippen molar-refractivity contribution in [1.82, 2.24) is 5.32 Å². The molecule has 0 unspecified atom stereocenters. The van der Waals surface area contributed by atoms with Crippen molar-refractivity contribution in [3.05, 3.63) is 83.9 Å². The van der Waals surface area contributed by atoms with Crippen LogP contribution in [0.1, 0.15) is 11.1 Å². The van der Waals surface area contributed by atoms with Crippen LogP contribution in [0.3, 0.4) is 0 Å². The highest BCUT2D eigenvalue weighted by Crippen LogP contribution is 2.32. The average molecular weight is 482 g/mol. The van der Waals surface area contributed by atoms with Crippen LogP contribution in [0.25, 0.3) is 0 Å². The van der Waals surface area contributed by atoms with Crippen LogP contribution in [-0.4, -0.2) is 32.6 Å². The molecule has 33 heavy (non-hydrogen) atoms. The zero-order chi connectivity index (χ0) is 23.4. The van der Waals surface area contributed by atoms with Crippen molar-refractivity contribution in [1.29, 1.82) is 0 Å². The lowest BCUT2D eigenvalue weighted by atomic mass is 10.2. The Balaban J connectivity index is 1.33. The second-order valence-electron chi connectivity index (χ2n) is 7.59. The van der Waals surface area contributed by atoms with E-state index in [1.165, 1.54) is 16.4 Å². The third-order valence-electron chi connectivity index (χ3n) is 5.16. The van der Waals surface area contributed by atoms with Gasteiger partial charge in [-0.25, -0.2) is 8.42 Å². The maximum Gasteiger partial charge on any atom is 0.264 e. The number of nitrogens with zero attached hydrogens (tertiary/aromatic N) is 1. The van der Waals surface area contributed by atoms with Crippen molar-refractivity contribution in [2.24, 2.45) is 0 Å². The van der Waals surface area contributed by atoms with Crippen molar-refractivity contribution >= 4 is 44.6 Å². The van der Waals surface area contributed by atoms with Crippen LogP contribution in [0.15, 0.2) is 77.7 Å². The Kier molecular flexibility index (Phi) is 6.62. The molecule has 170 valence electrons. The summed E-state index contributed by atoms with van der Waals surface area (Å²) in [5, 5.41) is 5.52. The number of hydrogen-bond donors (Lipinski definition) is 2. The molecule has 3 aromatic carbocycles. The summed E-state index contributed by atoms with van der Waals surface area (Å²) in [7, 11) is -3.67. The van der Waals surface area contributed by atoms with Crippen LogP contribution in [0, 0.1) is 6.92 Å². The van der Waals surface area contributed by atoms with Gasteiger partial charge in [0.25, 0.3) is 15.9 Å². The molecule has 0 saturated carbocycles. The van der Waals surface area contributed by atoms with E-state index in [2.05, 4.69) is 10.6 Å². The van der Waals surface area contributed by atoms with E-state index in [9.17, 15) is 13.2 Å². The van der Waals surface area contributed by atoms with Crippen LogP contribution >= 0.6 is 12.2 Å². The summed E-state index contributed by atoms with van der Waals surface area (Å²) in [6.07, 6.45) is 0.691. The maximum atomic E-state index is 13.1. The van der Waals surface area contributed by atoms with E-state index in [0.717, 1.165) is 16.8 Å². The van der Waals surface area contributed by atoms with Gasteiger partial charge in [0.1, 0.15) is 5.75 Å². The number of carbonyl (C=O) groups is 1. The molecule has 1 aliphatic rings. The van der Waals surface area contributed by atoms with Gasteiger partial charge in [-0.1, -0.05) is 30.3 Å². The number of rotatable bonds is 6. The summed E-state index contributed by atoms with van der Waals surface area (Å²) in [6.45, 7) is 2.18. The van der Waals surface area contributed by atoms with Gasteiger partial charge in [-0.15, -0.1) is 0 Å². The van der Waals surface area contributed by atoms with Crippen molar-refractivity contribution in [3.63, 3.8) is 0 Å². The van der Waals surface area contributed by atoms with Crippen LogP contribution in [0.4, 0.5) is 11.4 Å². The van der Waals surface area contributed by atoms with E-state index in [-0.39, 0.29) is 16.6 Å². The summed E-state index contributed by atoms with van der Waals surface area (Å²) < 4.78 is 33.1. The summed E-state index contributed by atoms with van der Waals surface area (Å²) in [5.41, 5.74) is 3.33. The zero-order valence-corrected chi connectivity index (χ0v) is 19.6. The molecular weight excluding hydrogens is 458 g/mol. The fraction of sp³-hybridized carbons (Fsp3) is 0.167. The molecule has 0 spiro atoms. The Morgan fingerprint density at radius 1 is 1.06 bits per heavy atom. The molecule has 0 atom stereocenters. The van der Waals surface area contributed by atoms with Gasteiger partial charge in [0.2, 0.25) is 0 Å². The Labute approximate surface area is 198 Å². The monoisotopic (exact) mass is 481 g/mol. The molecule has 1 amide bonds.